The maximum absolute atomic E-state index is 11.7. The fourth-order valence-corrected chi connectivity index (χ4v) is 1.47. The normalized spacial score (nSPS) is 20.0. The van der Waals surface area contributed by atoms with Gasteiger partial charge in [-0.3, -0.25) is 0 Å². The van der Waals surface area contributed by atoms with Crippen LogP contribution in [-0.4, -0.2) is 42.8 Å². The number of urea groups is 1. The zero-order chi connectivity index (χ0) is 11.3. The number of carbonyl (C=O) groups excluding carboxylic acids is 1. The van der Waals surface area contributed by atoms with Gasteiger partial charge in [-0.2, -0.15) is 5.26 Å². The van der Waals surface area contributed by atoms with Gasteiger partial charge in [0.15, 0.2) is 0 Å². The monoisotopic (exact) mass is 211 g/mol. The van der Waals surface area contributed by atoms with Crippen LogP contribution in [0.1, 0.15) is 20.3 Å². The Morgan fingerprint density at radius 2 is 2.47 bits per heavy atom. The van der Waals surface area contributed by atoms with Crippen molar-refractivity contribution in [3.63, 3.8) is 0 Å². The lowest BCUT2D eigenvalue weighted by atomic mass is 10.2. The molecule has 15 heavy (non-hydrogen) atoms. The molecule has 84 valence electrons. The summed E-state index contributed by atoms with van der Waals surface area (Å²) in [5.41, 5.74) is 0. The average molecular weight is 211 g/mol. The number of rotatable bonds is 3. The summed E-state index contributed by atoms with van der Waals surface area (Å²) >= 11 is 0. The summed E-state index contributed by atoms with van der Waals surface area (Å²) in [6.07, 6.45) is 0.851. The van der Waals surface area contributed by atoms with Crippen molar-refractivity contribution in [2.75, 3.05) is 19.8 Å². The molecule has 1 saturated heterocycles. The van der Waals surface area contributed by atoms with Gasteiger partial charge in [0.1, 0.15) is 6.54 Å². The number of nitrogens with zero attached hydrogens (tertiary/aromatic N) is 2. The van der Waals surface area contributed by atoms with Crippen molar-refractivity contribution < 1.29 is 9.53 Å². The van der Waals surface area contributed by atoms with E-state index in [2.05, 4.69) is 5.32 Å². The molecule has 0 aromatic rings. The second-order valence-corrected chi connectivity index (χ2v) is 3.89. The molecule has 1 heterocycles. The van der Waals surface area contributed by atoms with Crippen molar-refractivity contribution in [2.24, 2.45) is 0 Å². The Morgan fingerprint density at radius 3 is 2.93 bits per heavy atom. The first-order valence-corrected chi connectivity index (χ1v) is 5.17. The minimum absolute atomic E-state index is 0.0342. The van der Waals surface area contributed by atoms with Crippen LogP contribution in [0.15, 0.2) is 0 Å². The van der Waals surface area contributed by atoms with Crippen LogP contribution in [0.4, 0.5) is 4.79 Å². The van der Waals surface area contributed by atoms with E-state index in [1.54, 1.807) is 0 Å². The van der Waals surface area contributed by atoms with Gasteiger partial charge in [-0.05, 0) is 20.3 Å². The van der Waals surface area contributed by atoms with Crippen molar-refractivity contribution >= 4 is 6.03 Å². The summed E-state index contributed by atoms with van der Waals surface area (Å²) in [6.45, 7) is 5.18. The SMILES string of the molecule is CC(C)N(CC#N)C(=O)NC1CCOC1. The third-order valence-electron chi connectivity index (χ3n) is 2.38. The van der Waals surface area contributed by atoms with Gasteiger partial charge >= 0.3 is 6.03 Å². The molecule has 0 aromatic heterocycles. The number of carbonyl (C=O) groups is 1. The highest BCUT2D eigenvalue weighted by Crippen LogP contribution is 2.05. The summed E-state index contributed by atoms with van der Waals surface area (Å²) in [7, 11) is 0. The highest BCUT2D eigenvalue weighted by molar-refractivity contribution is 5.75. The molecule has 0 spiro atoms. The van der Waals surface area contributed by atoms with Gasteiger partial charge in [0, 0.05) is 12.6 Å². The Hall–Kier alpha value is -1.28. The van der Waals surface area contributed by atoms with E-state index < -0.39 is 0 Å². The lowest BCUT2D eigenvalue weighted by Crippen LogP contribution is -2.48. The van der Waals surface area contributed by atoms with Crippen LogP contribution in [0, 0.1) is 11.3 Å². The van der Waals surface area contributed by atoms with E-state index in [9.17, 15) is 4.79 Å². The van der Waals surface area contributed by atoms with Crippen molar-refractivity contribution in [1.82, 2.24) is 10.2 Å². The number of amides is 2. The van der Waals surface area contributed by atoms with Crippen LogP contribution in [0.5, 0.6) is 0 Å². The molecule has 1 rings (SSSR count). The number of ether oxygens (including phenoxy) is 1. The van der Waals surface area contributed by atoms with Crippen molar-refractivity contribution in [3.8, 4) is 6.07 Å². The zero-order valence-electron chi connectivity index (χ0n) is 9.19. The van der Waals surface area contributed by atoms with E-state index in [1.807, 2.05) is 19.9 Å². The summed E-state index contributed by atoms with van der Waals surface area (Å²) in [5, 5.41) is 11.5. The van der Waals surface area contributed by atoms with E-state index in [0.717, 1.165) is 6.42 Å². The van der Waals surface area contributed by atoms with E-state index in [4.69, 9.17) is 10.00 Å². The minimum Gasteiger partial charge on any atom is -0.379 e. The predicted molar refractivity (Wildman–Crippen MR) is 55.2 cm³/mol. The third kappa shape index (κ3) is 3.40. The first-order valence-electron chi connectivity index (χ1n) is 5.17. The van der Waals surface area contributed by atoms with Gasteiger partial charge in [0.2, 0.25) is 0 Å². The second-order valence-electron chi connectivity index (χ2n) is 3.89. The van der Waals surface area contributed by atoms with Gasteiger partial charge in [-0.25, -0.2) is 4.79 Å². The topological polar surface area (TPSA) is 65.4 Å². The smallest absolute Gasteiger partial charge is 0.318 e. The van der Waals surface area contributed by atoms with E-state index in [-0.39, 0.29) is 24.7 Å². The third-order valence-corrected chi connectivity index (χ3v) is 2.38. The predicted octanol–water partition coefficient (Wildman–Crippen LogP) is 0.719. The summed E-state index contributed by atoms with van der Waals surface area (Å²) in [5.74, 6) is 0. The van der Waals surface area contributed by atoms with E-state index in [0.29, 0.717) is 13.2 Å². The first kappa shape index (κ1) is 11.8. The Labute approximate surface area is 90.0 Å². The number of hydrogen-bond acceptors (Lipinski definition) is 3. The van der Waals surface area contributed by atoms with Crippen LogP contribution in [-0.2, 0) is 4.74 Å². The fraction of sp³-hybridized carbons (Fsp3) is 0.800. The molecule has 1 unspecified atom stereocenters. The van der Waals surface area contributed by atoms with Crippen LogP contribution in [0.25, 0.3) is 0 Å². The standard InChI is InChI=1S/C10H17N3O2/c1-8(2)13(5-4-11)10(14)12-9-3-6-15-7-9/h8-9H,3,5-7H2,1-2H3,(H,12,14). The van der Waals surface area contributed by atoms with Crippen molar-refractivity contribution in [2.45, 2.75) is 32.4 Å². The molecular weight excluding hydrogens is 194 g/mol. The Bertz CT molecular complexity index is 254. The second kappa shape index (κ2) is 5.56. The lowest BCUT2D eigenvalue weighted by Gasteiger charge is -2.25. The molecule has 0 bridgehead atoms. The first-order chi connectivity index (χ1) is 7.15. The van der Waals surface area contributed by atoms with Crippen LogP contribution in [0.2, 0.25) is 0 Å². The molecule has 5 nitrogen and oxygen atoms in total. The molecule has 0 aromatic carbocycles. The largest absolute Gasteiger partial charge is 0.379 e. The molecular formula is C10H17N3O2. The van der Waals surface area contributed by atoms with Gasteiger partial charge in [-0.15, -0.1) is 0 Å². The molecule has 1 fully saturated rings. The van der Waals surface area contributed by atoms with Gasteiger partial charge in [0.05, 0.1) is 18.7 Å². The number of hydrogen-bond donors (Lipinski definition) is 1. The van der Waals surface area contributed by atoms with Crippen LogP contribution < -0.4 is 5.32 Å². The van der Waals surface area contributed by atoms with Gasteiger partial charge in [0.25, 0.3) is 0 Å². The fourth-order valence-electron chi connectivity index (χ4n) is 1.47. The summed E-state index contributed by atoms with van der Waals surface area (Å²) < 4.78 is 5.16. The molecule has 1 aliphatic rings. The molecule has 0 radical (unpaired) electrons. The average Bonchev–Trinajstić information content (AvgIpc) is 2.65. The summed E-state index contributed by atoms with van der Waals surface area (Å²) in [4.78, 5) is 13.3. The molecule has 5 heteroatoms. The maximum atomic E-state index is 11.7. The molecule has 1 aliphatic heterocycles. The van der Waals surface area contributed by atoms with Crippen LogP contribution >= 0.6 is 0 Å². The molecule has 1 atom stereocenters. The lowest BCUT2D eigenvalue weighted by molar-refractivity contribution is 0.174. The van der Waals surface area contributed by atoms with Gasteiger partial charge in [-0.1, -0.05) is 0 Å². The summed E-state index contributed by atoms with van der Waals surface area (Å²) in [6, 6.07) is 1.94. The van der Waals surface area contributed by atoms with E-state index in [1.165, 1.54) is 4.90 Å². The van der Waals surface area contributed by atoms with E-state index >= 15 is 0 Å². The Kier molecular flexibility index (Phi) is 4.37. The molecule has 2 amide bonds. The van der Waals surface area contributed by atoms with Crippen molar-refractivity contribution in [3.05, 3.63) is 0 Å². The Morgan fingerprint density at radius 1 is 1.73 bits per heavy atom. The molecule has 0 aliphatic carbocycles. The Balaban J connectivity index is 2.45. The number of nitriles is 1. The minimum atomic E-state index is -0.179. The number of nitrogens with one attached hydrogen (secondary N) is 1. The molecule has 0 saturated carbocycles. The highest BCUT2D eigenvalue weighted by atomic mass is 16.5. The molecule has 1 N–H and O–H groups in total. The van der Waals surface area contributed by atoms with Crippen LogP contribution in [0.3, 0.4) is 0 Å². The van der Waals surface area contributed by atoms with Gasteiger partial charge < -0.3 is 15.0 Å². The highest BCUT2D eigenvalue weighted by Gasteiger charge is 2.22. The maximum Gasteiger partial charge on any atom is 0.318 e. The van der Waals surface area contributed by atoms with Crippen molar-refractivity contribution in [1.29, 1.82) is 5.26 Å². The quantitative estimate of drug-likeness (QED) is 0.699. The zero-order valence-corrected chi connectivity index (χ0v) is 9.19.